The molecule has 3 N–H and O–H groups in total. The van der Waals surface area contributed by atoms with E-state index in [1.54, 1.807) is 19.9 Å². The Bertz CT molecular complexity index is 453. The maximum absolute atomic E-state index is 13.8. The standard InChI is InChI=1S/C12H15BrFNO3/c1-3-18-12(17)9(14)10(15)8-5-7(13)4-6(2)11(8)16/h4-5,9-10,16H,3,15H2,1-2H3/t9?,10-/m0/s1. The molecule has 2 atom stereocenters. The Morgan fingerprint density at radius 3 is 2.78 bits per heavy atom. The number of halogens is 2. The molecular weight excluding hydrogens is 305 g/mol. The van der Waals surface area contributed by atoms with Crippen molar-refractivity contribution in [1.82, 2.24) is 0 Å². The zero-order valence-electron chi connectivity index (χ0n) is 10.1. The number of carbonyl (C=O) groups is 1. The molecule has 0 fully saturated rings. The minimum absolute atomic E-state index is 0.0788. The van der Waals surface area contributed by atoms with E-state index in [0.29, 0.717) is 10.0 Å². The van der Waals surface area contributed by atoms with E-state index in [4.69, 9.17) is 5.73 Å². The van der Waals surface area contributed by atoms with Gasteiger partial charge in [-0.1, -0.05) is 15.9 Å². The molecule has 0 aliphatic heterocycles. The van der Waals surface area contributed by atoms with Gasteiger partial charge in [0, 0.05) is 10.0 Å². The number of ether oxygens (including phenoxy) is 1. The second-order valence-electron chi connectivity index (χ2n) is 3.84. The summed E-state index contributed by atoms with van der Waals surface area (Å²) in [5, 5.41) is 9.83. The summed E-state index contributed by atoms with van der Waals surface area (Å²) in [5.74, 6) is -1.14. The molecule has 0 aliphatic carbocycles. The van der Waals surface area contributed by atoms with Gasteiger partial charge in [-0.3, -0.25) is 0 Å². The minimum Gasteiger partial charge on any atom is -0.507 e. The third-order valence-corrected chi connectivity index (χ3v) is 2.94. The fourth-order valence-electron chi connectivity index (χ4n) is 1.54. The number of hydrogen-bond acceptors (Lipinski definition) is 4. The van der Waals surface area contributed by atoms with Crippen LogP contribution in [0.1, 0.15) is 24.1 Å². The van der Waals surface area contributed by atoms with Crippen LogP contribution in [0.25, 0.3) is 0 Å². The van der Waals surface area contributed by atoms with Crippen LogP contribution in [0.15, 0.2) is 16.6 Å². The lowest BCUT2D eigenvalue weighted by molar-refractivity contribution is -0.149. The van der Waals surface area contributed by atoms with Gasteiger partial charge in [0.15, 0.2) is 0 Å². The number of rotatable bonds is 4. The number of carbonyl (C=O) groups excluding carboxylic acids is 1. The molecule has 0 bridgehead atoms. The maximum atomic E-state index is 13.8. The SMILES string of the molecule is CCOC(=O)C(F)[C@@H](N)c1cc(Br)cc(C)c1O. The first-order chi connectivity index (χ1) is 8.38. The first kappa shape index (κ1) is 14.9. The quantitative estimate of drug-likeness (QED) is 0.836. The van der Waals surface area contributed by atoms with Gasteiger partial charge >= 0.3 is 5.97 Å². The van der Waals surface area contributed by atoms with E-state index in [1.165, 1.54) is 6.07 Å². The summed E-state index contributed by atoms with van der Waals surface area (Å²) in [4.78, 5) is 11.3. The molecule has 1 unspecified atom stereocenters. The molecule has 1 aromatic rings. The minimum atomic E-state index is -2.01. The summed E-state index contributed by atoms with van der Waals surface area (Å²) in [6, 6.07) is 1.89. The van der Waals surface area contributed by atoms with Crippen molar-refractivity contribution in [3.8, 4) is 5.75 Å². The molecule has 4 nitrogen and oxygen atoms in total. The summed E-state index contributed by atoms with van der Waals surface area (Å²) in [6.45, 7) is 3.32. The fourth-order valence-corrected chi connectivity index (χ4v) is 2.13. The largest absolute Gasteiger partial charge is 0.507 e. The van der Waals surface area contributed by atoms with E-state index < -0.39 is 18.2 Å². The van der Waals surface area contributed by atoms with Gasteiger partial charge in [0.2, 0.25) is 6.17 Å². The number of alkyl halides is 1. The molecule has 6 heteroatoms. The fraction of sp³-hybridized carbons (Fsp3) is 0.417. The highest BCUT2D eigenvalue weighted by molar-refractivity contribution is 9.10. The van der Waals surface area contributed by atoms with Crippen molar-refractivity contribution in [2.45, 2.75) is 26.1 Å². The van der Waals surface area contributed by atoms with Gasteiger partial charge in [0.1, 0.15) is 5.75 Å². The summed E-state index contributed by atoms with van der Waals surface area (Å²) in [6.07, 6.45) is -2.01. The van der Waals surface area contributed by atoms with Crippen molar-refractivity contribution < 1.29 is 19.0 Å². The molecule has 100 valence electrons. The molecule has 18 heavy (non-hydrogen) atoms. The lowest BCUT2D eigenvalue weighted by Gasteiger charge is -2.18. The smallest absolute Gasteiger partial charge is 0.342 e. The van der Waals surface area contributed by atoms with Gasteiger partial charge in [-0.2, -0.15) is 0 Å². The second kappa shape index (κ2) is 6.15. The van der Waals surface area contributed by atoms with Gasteiger partial charge in [-0.25, -0.2) is 9.18 Å². The highest BCUT2D eigenvalue weighted by Crippen LogP contribution is 2.32. The van der Waals surface area contributed by atoms with Crippen LogP contribution < -0.4 is 5.73 Å². The maximum Gasteiger partial charge on any atom is 0.342 e. The van der Waals surface area contributed by atoms with Crippen LogP contribution in [-0.4, -0.2) is 23.9 Å². The van der Waals surface area contributed by atoms with E-state index in [0.717, 1.165) is 0 Å². The summed E-state index contributed by atoms with van der Waals surface area (Å²) in [5.41, 5.74) is 6.37. The van der Waals surface area contributed by atoms with Gasteiger partial charge < -0.3 is 15.6 Å². The molecule has 0 spiro atoms. The Kier molecular flexibility index (Phi) is 5.10. The van der Waals surface area contributed by atoms with Crippen LogP contribution >= 0.6 is 15.9 Å². The third kappa shape index (κ3) is 3.20. The predicted octanol–water partition coefficient (Wildman–Crippen LogP) is 2.36. The summed E-state index contributed by atoms with van der Waals surface area (Å²) < 4.78 is 19.0. The zero-order chi connectivity index (χ0) is 13.9. The monoisotopic (exact) mass is 319 g/mol. The van der Waals surface area contributed by atoms with Gasteiger partial charge in [-0.15, -0.1) is 0 Å². The van der Waals surface area contributed by atoms with Gasteiger partial charge in [-0.05, 0) is 31.5 Å². The predicted molar refractivity (Wildman–Crippen MR) is 69.0 cm³/mol. The Labute approximate surface area is 113 Å². The van der Waals surface area contributed by atoms with Gasteiger partial charge in [0.05, 0.1) is 12.6 Å². The first-order valence-electron chi connectivity index (χ1n) is 5.43. The van der Waals surface area contributed by atoms with E-state index in [-0.39, 0.29) is 17.9 Å². The second-order valence-corrected chi connectivity index (χ2v) is 4.76. The van der Waals surface area contributed by atoms with Crippen LogP contribution in [0.4, 0.5) is 4.39 Å². The summed E-state index contributed by atoms with van der Waals surface area (Å²) >= 11 is 3.23. The van der Waals surface area contributed by atoms with E-state index in [2.05, 4.69) is 20.7 Å². The van der Waals surface area contributed by atoms with Crippen molar-refractivity contribution in [1.29, 1.82) is 0 Å². The Hall–Kier alpha value is -1.14. The van der Waals surface area contributed by atoms with Crippen LogP contribution in [-0.2, 0) is 9.53 Å². The van der Waals surface area contributed by atoms with Crippen molar-refractivity contribution in [2.75, 3.05) is 6.61 Å². The molecule has 0 amide bonds. The molecule has 0 radical (unpaired) electrons. The van der Waals surface area contributed by atoms with E-state index >= 15 is 0 Å². The molecule has 0 heterocycles. The molecular formula is C12H15BrFNO3. The average Bonchev–Trinajstić information content (AvgIpc) is 2.32. The van der Waals surface area contributed by atoms with E-state index in [9.17, 15) is 14.3 Å². The van der Waals surface area contributed by atoms with Crippen LogP contribution in [0.2, 0.25) is 0 Å². The topological polar surface area (TPSA) is 72.5 Å². The number of hydrogen-bond donors (Lipinski definition) is 2. The average molecular weight is 320 g/mol. The Morgan fingerprint density at radius 2 is 2.22 bits per heavy atom. The van der Waals surface area contributed by atoms with Crippen molar-refractivity contribution in [3.63, 3.8) is 0 Å². The lowest BCUT2D eigenvalue weighted by Crippen LogP contribution is -2.31. The molecule has 1 rings (SSSR count). The van der Waals surface area contributed by atoms with Gasteiger partial charge in [0.25, 0.3) is 0 Å². The number of aromatic hydroxyl groups is 1. The number of aryl methyl sites for hydroxylation is 1. The van der Waals surface area contributed by atoms with Crippen LogP contribution in [0, 0.1) is 6.92 Å². The normalized spacial score (nSPS) is 14.1. The number of esters is 1. The van der Waals surface area contributed by atoms with Crippen LogP contribution in [0.3, 0.4) is 0 Å². The van der Waals surface area contributed by atoms with Crippen molar-refractivity contribution in [3.05, 3.63) is 27.7 Å². The Balaban J connectivity index is 3.03. The lowest BCUT2D eigenvalue weighted by atomic mass is 10.00. The molecule has 0 aliphatic rings. The number of phenols is 1. The highest BCUT2D eigenvalue weighted by atomic mass is 79.9. The van der Waals surface area contributed by atoms with Crippen molar-refractivity contribution in [2.24, 2.45) is 5.73 Å². The molecule has 0 saturated carbocycles. The highest BCUT2D eigenvalue weighted by Gasteiger charge is 2.30. The Morgan fingerprint density at radius 1 is 1.61 bits per heavy atom. The first-order valence-corrected chi connectivity index (χ1v) is 6.23. The number of benzene rings is 1. The van der Waals surface area contributed by atoms with Crippen LogP contribution in [0.5, 0.6) is 5.75 Å². The third-order valence-electron chi connectivity index (χ3n) is 2.48. The molecule has 0 saturated heterocycles. The van der Waals surface area contributed by atoms with Crippen molar-refractivity contribution >= 4 is 21.9 Å². The number of phenolic OH excluding ortho intramolecular Hbond substituents is 1. The zero-order valence-corrected chi connectivity index (χ0v) is 11.7. The van der Waals surface area contributed by atoms with E-state index in [1.807, 2.05) is 0 Å². The molecule has 1 aromatic carbocycles. The molecule has 0 aromatic heterocycles. The number of nitrogens with two attached hydrogens (primary N) is 1. The summed E-state index contributed by atoms with van der Waals surface area (Å²) in [7, 11) is 0.